The van der Waals surface area contributed by atoms with Crippen molar-refractivity contribution in [2.75, 3.05) is 20.3 Å². The van der Waals surface area contributed by atoms with E-state index in [0.29, 0.717) is 38.5 Å². The summed E-state index contributed by atoms with van der Waals surface area (Å²) in [5.74, 6) is 0.138. The highest BCUT2D eigenvalue weighted by Gasteiger charge is 2.34. The Bertz CT molecular complexity index is 2270. The molecule has 6 rings (SSSR count). The molecule has 1 aliphatic heterocycles. The van der Waals surface area contributed by atoms with Crippen molar-refractivity contribution in [3.8, 4) is 34.2 Å². The molecule has 1 unspecified atom stereocenters. The third-order valence-corrected chi connectivity index (χ3v) is 8.91. The summed E-state index contributed by atoms with van der Waals surface area (Å²) in [6.07, 6.45) is 4.59. The van der Waals surface area contributed by atoms with Crippen LogP contribution in [0.1, 0.15) is 51.3 Å². The van der Waals surface area contributed by atoms with Gasteiger partial charge in [0, 0.05) is 24.2 Å². The highest BCUT2D eigenvalue weighted by molar-refractivity contribution is 7.07. The summed E-state index contributed by atoms with van der Waals surface area (Å²) < 4.78 is 25.7. The predicted molar refractivity (Wildman–Crippen MR) is 189 cm³/mol. The zero-order chi connectivity index (χ0) is 35.4. The summed E-state index contributed by atoms with van der Waals surface area (Å²) in [7, 11) is 1.45. The minimum Gasteiger partial charge on any atom is -0.494 e. The molecule has 0 aliphatic carbocycles. The number of carbonyl (C=O) groups excluding carboxylic acids is 2. The van der Waals surface area contributed by atoms with Crippen LogP contribution >= 0.6 is 11.3 Å². The van der Waals surface area contributed by atoms with Gasteiger partial charge in [-0.15, -0.1) is 0 Å². The van der Waals surface area contributed by atoms with Gasteiger partial charge < -0.3 is 18.9 Å². The minimum atomic E-state index is -0.894. The maximum Gasteiger partial charge on any atom is 0.338 e. The van der Waals surface area contributed by atoms with Gasteiger partial charge in [0.25, 0.3) is 5.56 Å². The Morgan fingerprint density at radius 1 is 1.00 bits per heavy atom. The van der Waals surface area contributed by atoms with Gasteiger partial charge in [0.15, 0.2) is 16.3 Å². The second kappa shape index (κ2) is 14.8. The van der Waals surface area contributed by atoms with E-state index in [1.807, 2.05) is 60.8 Å². The van der Waals surface area contributed by atoms with Crippen LogP contribution in [0.5, 0.6) is 17.2 Å². The van der Waals surface area contributed by atoms with Gasteiger partial charge in [0.2, 0.25) is 0 Å². The largest absolute Gasteiger partial charge is 0.494 e. The van der Waals surface area contributed by atoms with Crippen LogP contribution in [0.15, 0.2) is 100 Å². The Labute approximate surface area is 292 Å². The summed E-state index contributed by atoms with van der Waals surface area (Å²) >= 11 is 1.21. The summed E-state index contributed by atoms with van der Waals surface area (Å²) in [6.45, 7) is 7.55. The molecule has 1 aliphatic rings. The lowest BCUT2D eigenvalue weighted by molar-refractivity contribution is -0.139. The van der Waals surface area contributed by atoms with E-state index in [4.69, 9.17) is 29.0 Å². The molecule has 0 N–H and O–H groups in total. The maximum atomic E-state index is 14.4. The summed E-state index contributed by atoms with van der Waals surface area (Å²) in [5, 5.41) is 4.93. The highest BCUT2D eigenvalue weighted by Crippen LogP contribution is 2.36. The number of para-hydroxylation sites is 1. The molecule has 3 heterocycles. The number of hydrogen-bond donors (Lipinski definition) is 0. The van der Waals surface area contributed by atoms with Crippen LogP contribution in [0.4, 0.5) is 0 Å². The summed E-state index contributed by atoms with van der Waals surface area (Å²) in [6, 6.07) is 21.5. The Balaban J connectivity index is 1.52. The summed E-state index contributed by atoms with van der Waals surface area (Å²) in [5.41, 5.74) is 3.94. The molecule has 2 aromatic heterocycles. The van der Waals surface area contributed by atoms with E-state index in [0.717, 1.165) is 23.4 Å². The first-order chi connectivity index (χ1) is 24.2. The standard InChI is InChI=1S/C38H36N4O7S/c1-6-19-48-29-16-13-25(14-17-29)34-27(22-41(40-34)28-11-9-8-10-12-28)21-32-36(44)42-35(26-15-18-30(49-24(4)43)31(20-26)46-5)33(37(45)47-7-2)23(3)39-38(42)50-32/h8-18,20-22,35H,6-7,19H2,1-5H3. The number of ether oxygens (including phenoxy) is 4. The number of aromatic nitrogens is 3. The first-order valence-corrected chi connectivity index (χ1v) is 17.0. The Morgan fingerprint density at radius 3 is 2.44 bits per heavy atom. The molecular formula is C38H36N4O7S. The second-order valence-corrected chi connectivity index (χ2v) is 12.4. The van der Waals surface area contributed by atoms with Gasteiger partial charge in [-0.05, 0) is 80.4 Å². The van der Waals surface area contributed by atoms with E-state index in [-0.39, 0.29) is 29.2 Å². The van der Waals surface area contributed by atoms with Gasteiger partial charge >= 0.3 is 11.9 Å². The van der Waals surface area contributed by atoms with E-state index in [2.05, 4.69) is 6.92 Å². The molecule has 0 spiro atoms. The lowest BCUT2D eigenvalue weighted by atomic mass is 9.95. The first-order valence-electron chi connectivity index (χ1n) is 16.2. The van der Waals surface area contributed by atoms with Crippen molar-refractivity contribution < 1.29 is 28.5 Å². The Morgan fingerprint density at radius 2 is 1.76 bits per heavy atom. The van der Waals surface area contributed by atoms with E-state index >= 15 is 0 Å². The second-order valence-electron chi connectivity index (χ2n) is 11.4. The van der Waals surface area contributed by atoms with Crippen LogP contribution in [0, 0.1) is 0 Å². The molecule has 50 heavy (non-hydrogen) atoms. The van der Waals surface area contributed by atoms with Crippen LogP contribution in [-0.4, -0.2) is 46.6 Å². The lowest BCUT2D eigenvalue weighted by Crippen LogP contribution is -2.40. The van der Waals surface area contributed by atoms with E-state index in [9.17, 15) is 14.4 Å². The topological polar surface area (TPSA) is 123 Å². The van der Waals surface area contributed by atoms with Crippen LogP contribution in [0.2, 0.25) is 0 Å². The third-order valence-electron chi connectivity index (χ3n) is 7.92. The molecule has 256 valence electrons. The number of allylic oxidation sites excluding steroid dienone is 1. The van der Waals surface area contributed by atoms with Crippen LogP contribution in [0.25, 0.3) is 23.0 Å². The monoisotopic (exact) mass is 692 g/mol. The fraction of sp³-hybridized carbons (Fsp3) is 0.237. The smallest absolute Gasteiger partial charge is 0.338 e. The van der Waals surface area contributed by atoms with Gasteiger partial charge in [-0.1, -0.05) is 42.5 Å². The molecule has 0 bridgehead atoms. The molecular weight excluding hydrogens is 657 g/mol. The average Bonchev–Trinajstić information content (AvgIpc) is 3.67. The van der Waals surface area contributed by atoms with Crippen LogP contribution in [0.3, 0.4) is 0 Å². The van der Waals surface area contributed by atoms with Gasteiger partial charge in [-0.25, -0.2) is 14.5 Å². The molecule has 5 aromatic rings. The molecule has 0 amide bonds. The Hall–Kier alpha value is -5.75. The number of thiazole rings is 1. The zero-order valence-electron chi connectivity index (χ0n) is 28.3. The molecule has 12 heteroatoms. The normalized spacial score (nSPS) is 14.2. The van der Waals surface area contributed by atoms with Crippen molar-refractivity contribution >= 4 is 29.4 Å². The Kier molecular flexibility index (Phi) is 10.1. The first kappa shape index (κ1) is 34.1. The number of rotatable bonds is 11. The van der Waals surface area contributed by atoms with Crippen LogP contribution < -0.4 is 29.1 Å². The minimum absolute atomic E-state index is 0.140. The fourth-order valence-electron chi connectivity index (χ4n) is 5.70. The summed E-state index contributed by atoms with van der Waals surface area (Å²) in [4.78, 5) is 44.7. The van der Waals surface area contributed by atoms with E-state index < -0.39 is 18.0 Å². The van der Waals surface area contributed by atoms with E-state index in [1.165, 1.54) is 29.9 Å². The number of nitrogens with zero attached hydrogens (tertiary/aromatic N) is 4. The third kappa shape index (κ3) is 6.88. The van der Waals surface area contributed by atoms with Crippen molar-refractivity contribution in [3.63, 3.8) is 0 Å². The quantitative estimate of drug-likeness (QED) is 0.134. The lowest BCUT2D eigenvalue weighted by Gasteiger charge is -2.25. The van der Waals surface area contributed by atoms with E-state index in [1.54, 1.807) is 42.8 Å². The molecule has 0 fully saturated rings. The van der Waals surface area contributed by atoms with Crippen molar-refractivity contribution in [2.24, 2.45) is 4.99 Å². The number of carbonyl (C=O) groups is 2. The van der Waals surface area contributed by atoms with Crippen molar-refractivity contribution in [2.45, 2.75) is 40.2 Å². The number of esters is 2. The maximum absolute atomic E-state index is 14.4. The fourth-order valence-corrected chi connectivity index (χ4v) is 6.74. The molecule has 3 aromatic carbocycles. The van der Waals surface area contributed by atoms with Crippen molar-refractivity contribution in [1.82, 2.24) is 14.3 Å². The zero-order valence-corrected chi connectivity index (χ0v) is 29.2. The SMILES string of the molecule is CCCOc1ccc(-c2nn(-c3ccccc3)cc2C=c2sc3n(c2=O)C(c2ccc(OC(C)=O)c(OC)c2)C(C(=O)OCC)=C(C)N=3)cc1. The number of fused-ring (bicyclic) bond motifs is 1. The van der Waals surface area contributed by atoms with Gasteiger partial charge in [0.05, 0.1) is 47.9 Å². The van der Waals surface area contributed by atoms with Gasteiger partial charge in [-0.3, -0.25) is 14.2 Å². The number of hydrogen-bond acceptors (Lipinski definition) is 10. The average molecular weight is 693 g/mol. The molecule has 11 nitrogen and oxygen atoms in total. The van der Waals surface area contributed by atoms with Crippen molar-refractivity contribution in [3.05, 3.63) is 121 Å². The highest BCUT2D eigenvalue weighted by atomic mass is 32.1. The molecule has 0 saturated heterocycles. The van der Waals surface area contributed by atoms with Gasteiger partial charge in [0.1, 0.15) is 11.4 Å². The number of benzene rings is 3. The number of methoxy groups -OCH3 is 1. The molecule has 1 atom stereocenters. The van der Waals surface area contributed by atoms with Crippen LogP contribution in [-0.2, 0) is 14.3 Å². The van der Waals surface area contributed by atoms with Gasteiger partial charge in [-0.2, -0.15) is 5.10 Å². The molecule has 0 radical (unpaired) electrons. The predicted octanol–water partition coefficient (Wildman–Crippen LogP) is 5.37. The molecule has 0 saturated carbocycles. The van der Waals surface area contributed by atoms with Crippen molar-refractivity contribution in [1.29, 1.82) is 0 Å².